The number of ketones is 1. The van der Waals surface area contributed by atoms with Crippen LogP contribution in [0.4, 0.5) is 0 Å². The van der Waals surface area contributed by atoms with Gasteiger partial charge in [-0.05, 0) is 71.3 Å². The van der Waals surface area contributed by atoms with Gasteiger partial charge in [-0.25, -0.2) is 0 Å². The maximum atomic E-state index is 13.2. The molecule has 0 aromatic heterocycles. The monoisotopic (exact) mass is 525 g/mol. The highest BCUT2D eigenvalue weighted by Gasteiger charge is 2.47. The van der Waals surface area contributed by atoms with Gasteiger partial charge in [-0.3, -0.25) is 9.69 Å². The molecule has 0 saturated carbocycles. The number of Topliss-reactive ketones (excluding diaryl/α,β-unsaturated/α-hetero) is 1. The van der Waals surface area contributed by atoms with E-state index in [4.69, 9.17) is 9.16 Å². The minimum absolute atomic E-state index is 0.115. The Balaban J connectivity index is 1.64. The van der Waals surface area contributed by atoms with E-state index < -0.39 is 13.9 Å². The second-order valence-electron chi connectivity index (χ2n) is 11.8. The second kappa shape index (κ2) is 12.2. The highest BCUT2D eigenvalue weighted by atomic mass is 28.4. The lowest BCUT2D eigenvalue weighted by molar-refractivity contribution is -0.0245. The van der Waals surface area contributed by atoms with Crippen LogP contribution in [0.5, 0.6) is 5.75 Å². The number of carbonyl (C=O) groups excluding carboxylic acids is 1. The van der Waals surface area contributed by atoms with Crippen molar-refractivity contribution in [3.63, 3.8) is 0 Å². The van der Waals surface area contributed by atoms with Crippen molar-refractivity contribution >= 4 is 14.1 Å². The van der Waals surface area contributed by atoms with Crippen LogP contribution in [0.2, 0.25) is 16.6 Å². The second-order valence-corrected chi connectivity index (χ2v) is 17.1. The maximum Gasteiger partial charge on any atom is 0.258 e. The quantitative estimate of drug-likeness (QED) is 0.256. The van der Waals surface area contributed by atoms with E-state index in [0.29, 0.717) is 55.7 Å². The van der Waals surface area contributed by atoms with Crippen LogP contribution in [0.15, 0.2) is 42.5 Å². The van der Waals surface area contributed by atoms with Crippen molar-refractivity contribution in [1.82, 2.24) is 4.90 Å². The summed E-state index contributed by atoms with van der Waals surface area (Å²) < 4.78 is 12.1. The number of aryl methyl sites for hydroxylation is 1. The third-order valence-corrected chi connectivity index (χ3v) is 14.3. The summed E-state index contributed by atoms with van der Waals surface area (Å²) in [5.41, 5.74) is 4.42. The van der Waals surface area contributed by atoms with E-state index in [1.165, 1.54) is 0 Å². The third kappa shape index (κ3) is 6.54. The number of rotatable bonds is 11. The summed E-state index contributed by atoms with van der Waals surface area (Å²) in [6.45, 7) is 18.1. The van der Waals surface area contributed by atoms with Crippen LogP contribution < -0.4 is 4.43 Å². The van der Waals surface area contributed by atoms with Crippen molar-refractivity contribution in [2.24, 2.45) is 0 Å². The molecule has 1 saturated heterocycles. The Morgan fingerprint density at radius 3 is 2.03 bits per heavy atom. The molecule has 204 valence electrons. The van der Waals surface area contributed by atoms with Crippen molar-refractivity contribution in [2.45, 2.75) is 90.1 Å². The SMILES string of the molecule is COCc1ccc(C2(O)CCN(CC(=O)c3ccc(O[Si](C(C)C)(C(C)C)C(C)C)c(C)c3)CC2)cc1. The molecule has 5 nitrogen and oxygen atoms in total. The first-order valence-corrected chi connectivity index (χ1v) is 15.9. The number of nitrogens with zero attached hydrogens (tertiary/aromatic N) is 1. The summed E-state index contributed by atoms with van der Waals surface area (Å²) >= 11 is 0. The molecule has 2 aromatic carbocycles. The van der Waals surface area contributed by atoms with Crippen molar-refractivity contribution in [2.75, 3.05) is 26.7 Å². The van der Waals surface area contributed by atoms with E-state index >= 15 is 0 Å². The third-order valence-electron chi connectivity index (χ3n) is 8.34. The van der Waals surface area contributed by atoms with Gasteiger partial charge < -0.3 is 14.3 Å². The topological polar surface area (TPSA) is 59.0 Å². The lowest BCUT2D eigenvalue weighted by Crippen LogP contribution is -2.50. The molecule has 0 bridgehead atoms. The normalized spacial score (nSPS) is 16.5. The van der Waals surface area contributed by atoms with Gasteiger partial charge in [0.05, 0.1) is 18.8 Å². The minimum Gasteiger partial charge on any atom is -0.543 e. The first kappa shape index (κ1) is 29.6. The lowest BCUT2D eigenvalue weighted by Gasteiger charge is -2.42. The molecule has 0 amide bonds. The number of ether oxygens (including phenoxy) is 1. The van der Waals surface area contributed by atoms with E-state index in [9.17, 15) is 9.90 Å². The zero-order valence-corrected chi connectivity index (χ0v) is 25.1. The summed E-state index contributed by atoms with van der Waals surface area (Å²) in [5, 5.41) is 11.3. The Labute approximate surface area is 225 Å². The van der Waals surface area contributed by atoms with Crippen molar-refractivity contribution < 1.29 is 19.1 Å². The highest BCUT2D eigenvalue weighted by molar-refractivity contribution is 6.78. The van der Waals surface area contributed by atoms with E-state index in [-0.39, 0.29) is 5.78 Å². The number of benzene rings is 2. The van der Waals surface area contributed by atoms with Crippen molar-refractivity contribution in [1.29, 1.82) is 0 Å². The fraction of sp³-hybridized carbons (Fsp3) is 0.581. The van der Waals surface area contributed by atoms with Crippen LogP contribution in [0.25, 0.3) is 0 Å². The molecule has 1 N–H and O–H groups in total. The van der Waals surface area contributed by atoms with E-state index in [1.54, 1.807) is 7.11 Å². The molecule has 3 rings (SSSR count). The van der Waals surface area contributed by atoms with Gasteiger partial charge in [0.1, 0.15) is 5.75 Å². The number of aliphatic hydroxyl groups is 1. The average Bonchev–Trinajstić information content (AvgIpc) is 2.84. The number of hydrogen-bond donors (Lipinski definition) is 1. The molecular formula is C31H47NO4Si. The molecule has 0 unspecified atom stereocenters. The highest BCUT2D eigenvalue weighted by Crippen LogP contribution is 2.43. The van der Waals surface area contributed by atoms with Crippen molar-refractivity contribution in [3.8, 4) is 5.75 Å². The first-order valence-electron chi connectivity index (χ1n) is 13.8. The molecule has 6 heteroatoms. The standard InChI is InChI=1S/C31H47NO4Si/c1-22(2)37(23(3)4,24(5)6)36-30-14-11-27(19-25(30)7)29(33)20-32-17-15-31(34,16-18-32)28-12-9-26(10-13-28)21-35-8/h9-14,19,22-24,34H,15-18,20-21H2,1-8H3. The number of hydrogen-bond acceptors (Lipinski definition) is 5. The summed E-state index contributed by atoms with van der Waals surface area (Å²) in [7, 11) is -0.371. The zero-order chi connectivity index (χ0) is 27.4. The summed E-state index contributed by atoms with van der Waals surface area (Å²) in [6, 6.07) is 13.9. The van der Waals surface area contributed by atoms with Gasteiger partial charge in [0.25, 0.3) is 8.32 Å². The molecule has 0 atom stereocenters. The Bertz CT molecular complexity index is 1020. The number of carbonyl (C=O) groups is 1. The van der Waals surface area contributed by atoms with Crippen LogP contribution in [-0.2, 0) is 16.9 Å². The number of likely N-dealkylation sites (tertiary alicyclic amines) is 1. The summed E-state index contributed by atoms with van der Waals surface area (Å²) in [5.74, 6) is 1.03. The van der Waals surface area contributed by atoms with E-state index in [1.807, 2.05) is 49.4 Å². The lowest BCUT2D eigenvalue weighted by atomic mass is 9.84. The molecule has 1 aliphatic rings. The van der Waals surface area contributed by atoms with Gasteiger partial charge in [-0.2, -0.15) is 0 Å². The van der Waals surface area contributed by atoms with Crippen LogP contribution >= 0.6 is 0 Å². The molecule has 0 radical (unpaired) electrons. The molecule has 0 spiro atoms. The van der Waals surface area contributed by atoms with Crippen LogP contribution in [0.1, 0.15) is 81.4 Å². The van der Waals surface area contributed by atoms with Crippen LogP contribution in [0, 0.1) is 6.92 Å². The Morgan fingerprint density at radius 1 is 0.973 bits per heavy atom. The van der Waals surface area contributed by atoms with Crippen molar-refractivity contribution in [3.05, 3.63) is 64.7 Å². The fourth-order valence-corrected chi connectivity index (χ4v) is 11.5. The summed E-state index contributed by atoms with van der Waals surface area (Å²) in [4.78, 5) is 15.3. The van der Waals surface area contributed by atoms with Gasteiger partial charge >= 0.3 is 0 Å². The molecule has 1 aliphatic heterocycles. The Morgan fingerprint density at radius 2 is 1.54 bits per heavy atom. The van der Waals surface area contributed by atoms with Gasteiger partial charge in [-0.1, -0.05) is 65.8 Å². The molecule has 37 heavy (non-hydrogen) atoms. The summed E-state index contributed by atoms with van der Waals surface area (Å²) in [6.07, 6.45) is 1.23. The molecule has 1 heterocycles. The fourth-order valence-electron chi connectivity index (χ4n) is 6.22. The Kier molecular flexibility index (Phi) is 9.78. The smallest absolute Gasteiger partial charge is 0.258 e. The average molecular weight is 526 g/mol. The van der Waals surface area contributed by atoms with Gasteiger partial charge in [0.2, 0.25) is 0 Å². The van der Waals surface area contributed by atoms with E-state index in [2.05, 4.69) is 46.4 Å². The Hall–Kier alpha value is -1.99. The predicted octanol–water partition coefficient (Wildman–Crippen LogP) is 6.86. The minimum atomic E-state index is -2.05. The van der Waals surface area contributed by atoms with Crippen LogP contribution in [-0.4, -0.2) is 50.9 Å². The number of methoxy groups -OCH3 is 1. The number of piperidine rings is 1. The van der Waals surface area contributed by atoms with Crippen LogP contribution in [0.3, 0.4) is 0 Å². The zero-order valence-electron chi connectivity index (χ0n) is 24.1. The first-order chi connectivity index (χ1) is 17.4. The largest absolute Gasteiger partial charge is 0.543 e. The molecule has 0 aliphatic carbocycles. The maximum absolute atomic E-state index is 13.2. The van der Waals surface area contributed by atoms with Gasteiger partial charge in [-0.15, -0.1) is 0 Å². The molecule has 1 fully saturated rings. The predicted molar refractivity (Wildman–Crippen MR) is 154 cm³/mol. The van der Waals surface area contributed by atoms with Gasteiger partial charge in [0, 0.05) is 25.8 Å². The van der Waals surface area contributed by atoms with Gasteiger partial charge in [0.15, 0.2) is 5.78 Å². The molecule has 2 aromatic rings. The van der Waals surface area contributed by atoms with E-state index in [0.717, 1.165) is 28.0 Å². The molecular weight excluding hydrogens is 478 g/mol.